The lowest BCUT2D eigenvalue weighted by Gasteiger charge is -2.14. The van der Waals surface area contributed by atoms with Crippen molar-refractivity contribution in [1.82, 2.24) is 0 Å². The van der Waals surface area contributed by atoms with E-state index in [0.717, 1.165) is 4.48 Å². The van der Waals surface area contributed by atoms with Crippen LogP contribution in [0.3, 0.4) is 0 Å². The minimum atomic E-state index is -2.86. The van der Waals surface area contributed by atoms with Gasteiger partial charge in [0.1, 0.15) is 0 Å². The van der Waals surface area contributed by atoms with E-state index in [1.165, 1.54) is 0 Å². The molecule has 4 nitrogen and oxygen atoms in total. The third-order valence-corrected chi connectivity index (χ3v) is 0. The fourth-order valence-electron chi connectivity index (χ4n) is 0. The van der Waals surface area contributed by atoms with E-state index in [1.54, 1.807) is 0 Å². The molecule has 0 aliphatic rings. The molecule has 0 radical (unpaired) electrons. The monoisotopic (exact) mass is 155 g/mol. The summed E-state index contributed by atoms with van der Waals surface area (Å²) >= 11 is -2.86. The molecule has 0 spiro atoms. The molecule has 0 aliphatic carbocycles. The zero-order chi connectivity index (χ0) is 8.08. The summed E-state index contributed by atoms with van der Waals surface area (Å²) < 4.78 is 25.1. The van der Waals surface area contributed by atoms with Gasteiger partial charge < -0.3 is 13.6 Å². The second-order valence-corrected chi connectivity index (χ2v) is 3.33. The Morgan fingerprint density at radius 3 is 1.33 bits per heavy atom. The molecule has 0 bridgehead atoms. The lowest BCUT2D eigenvalue weighted by atomic mass is 10.8. The van der Waals surface area contributed by atoms with E-state index >= 15 is 0 Å². The van der Waals surface area contributed by atoms with E-state index in [1.807, 2.05) is 0 Å². The highest BCUT2D eigenvalue weighted by molar-refractivity contribution is 7.73. The van der Waals surface area contributed by atoms with Gasteiger partial charge in [0.15, 0.2) is 0 Å². The summed E-state index contributed by atoms with van der Waals surface area (Å²) in [5.41, 5.74) is 0. The lowest BCUT2D eigenvalue weighted by molar-refractivity contribution is -0.849. The molecule has 0 heterocycles. The molecule has 58 valence electrons. The summed E-state index contributed by atoms with van der Waals surface area (Å²) in [4.78, 5) is 0. The summed E-state index contributed by atoms with van der Waals surface area (Å²) in [6.07, 6.45) is 0. The molecule has 1 atom stereocenters. The molecule has 5 heteroatoms. The van der Waals surface area contributed by atoms with Crippen molar-refractivity contribution >= 4 is 11.4 Å². The van der Waals surface area contributed by atoms with Crippen LogP contribution in [-0.4, -0.2) is 46.0 Å². The van der Waals surface area contributed by atoms with E-state index in [2.05, 4.69) is 28.2 Å². The van der Waals surface area contributed by atoms with Crippen LogP contribution < -0.4 is 0 Å². The Balaban J connectivity index is 0. The molecular weight excluding hydrogens is 142 g/mol. The SMILES string of the molecule is C[N+](C)(C)C.O=S([O-])O. The summed E-state index contributed by atoms with van der Waals surface area (Å²) in [5, 5.41) is 0. The van der Waals surface area contributed by atoms with Crippen molar-refractivity contribution in [2.75, 3.05) is 28.2 Å². The van der Waals surface area contributed by atoms with Gasteiger partial charge in [-0.15, -0.1) is 0 Å². The second kappa shape index (κ2) is 4.87. The average Bonchev–Trinajstić information content (AvgIpc) is 1.19. The van der Waals surface area contributed by atoms with Crippen LogP contribution in [0.2, 0.25) is 0 Å². The Hall–Kier alpha value is 0.0300. The van der Waals surface area contributed by atoms with Gasteiger partial charge in [-0.3, -0.25) is 0 Å². The standard InChI is InChI=1S/C4H12N.H2O3S/c1-5(2,3)4;1-4(2)3/h1-4H3;(H2,1,2,3)/q+1;/p-1. The third kappa shape index (κ3) is 324000. The fourth-order valence-corrected chi connectivity index (χ4v) is 0. The minimum Gasteiger partial charge on any atom is -0.750 e. The molecule has 0 saturated carbocycles. The van der Waals surface area contributed by atoms with Crippen LogP contribution in [0.1, 0.15) is 0 Å². The fraction of sp³-hybridized carbons (Fsp3) is 1.00. The number of hydrogen-bond donors (Lipinski definition) is 1. The predicted molar refractivity (Wildman–Crippen MR) is 35.5 cm³/mol. The van der Waals surface area contributed by atoms with E-state index in [0.29, 0.717) is 0 Å². The maximum Gasteiger partial charge on any atom is 0.0814 e. The van der Waals surface area contributed by atoms with E-state index in [-0.39, 0.29) is 0 Å². The van der Waals surface area contributed by atoms with E-state index in [9.17, 15) is 0 Å². The van der Waals surface area contributed by atoms with Crippen LogP contribution in [0.15, 0.2) is 0 Å². The molecule has 0 aromatic heterocycles. The lowest BCUT2D eigenvalue weighted by Crippen LogP contribution is -2.27. The van der Waals surface area contributed by atoms with Gasteiger partial charge in [0, 0.05) is 0 Å². The first kappa shape index (κ1) is 11.8. The normalized spacial score (nSPS) is 13.6. The smallest absolute Gasteiger partial charge is 0.0814 e. The molecule has 0 amide bonds. The van der Waals surface area contributed by atoms with Crippen LogP contribution in [-0.2, 0) is 11.4 Å². The Labute approximate surface area is 58.2 Å². The number of nitrogens with zero attached hydrogens (tertiary/aromatic N) is 1. The quantitative estimate of drug-likeness (QED) is 0.384. The second-order valence-electron chi connectivity index (χ2n) is 2.90. The van der Waals surface area contributed by atoms with Gasteiger partial charge in [0.2, 0.25) is 0 Å². The Morgan fingerprint density at radius 2 is 1.33 bits per heavy atom. The number of hydrogen-bond acceptors (Lipinski definition) is 2. The highest BCUT2D eigenvalue weighted by atomic mass is 32.2. The summed E-state index contributed by atoms with van der Waals surface area (Å²) in [6.45, 7) is 0. The van der Waals surface area contributed by atoms with Gasteiger partial charge in [0.05, 0.1) is 39.6 Å². The molecule has 1 unspecified atom stereocenters. The third-order valence-electron chi connectivity index (χ3n) is 0. The van der Waals surface area contributed by atoms with Gasteiger partial charge in [-0.1, -0.05) is 0 Å². The maximum absolute atomic E-state index is 8.56. The van der Waals surface area contributed by atoms with Crippen LogP contribution in [0.4, 0.5) is 0 Å². The number of quaternary nitrogens is 1. The van der Waals surface area contributed by atoms with Crippen molar-refractivity contribution in [2.24, 2.45) is 0 Å². The molecule has 0 fully saturated rings. The van der Waals surface area contributed by atoms with Crippen molar-refractivity contribution in [3.63, 3.8) is 0 Å². The van der Waals surface area contributed by atoms with Crippen LogP contribution in [0.5, 0.6) is 0 Å². The Morgan fingerprint density at radius 1 is 1.33 bits per heavy atom. The Kier molecular flexibility index (Phi) is 6.37. The largest absolute Gasteiger partial charge is 0.750 e. The molecule has 0 saturated heterocycles. The van der Waals surface area contributed by atoms with Gasteiger partial charge in [-0.2, -0.15) is 0 Å². The van der Waals surface area contributed by atoms with Crippen molar-refractivity contribution in [1.29, 1.82) is 0 Å². The van der Waals surface area contributed by atoms with Gasteiger partial charge in [-0.05, 0) is 0 Å². The maximum atomic E-state index is 8.56. The molecule has 0 aromatic carbocycles. The van der Waals surface area contributed by atoms with E-state index in [4.69, 9.17) is 13.3 Å². The topological polar surface area (TPSA) is 60.4 Å². The molecule has 9 heavy (non-hydrogen) atoms. The van der Waals surface area contributed by atoms with Crippen molar-refractivity contribution < 1.29 is 17.8 Å². The van der Waals surface area contributed by atoms with Crippen LogP contribution in [0, 0.1) is 0 Å². The van der Waals surface area contributed by atoms with Crippen LogP contribution in [0.25, 0.3) is 0 Å². The van der Waals surface area contributed by atoms with Crippen molar-refractivity contribution in [2.45, 2.75) is 0 Å². The zero-order valence-corrected chi connectivity index (χ0v) is 6.94. The van der Waals surface area contributed by atoms with Gasteiger partial charge in [-0.25, -0.2) is 4.21 Å². The van der Waals surface area contributed by atoms with Gasteiger partial charge >= 0.3 is 0 Å². The van der Waals surface area contributed by atoms with Crippen molar-refractivity contribution in [3.8, 4) is 0 Å². The van der Waals surface area contributed by atoms with Crippen molar-refractivity contribution in [3.05, 3.63) is 0 Å². The summed E-state index contributed by atoms with van der Waals surface area (Å²) in [5.74, 6) is 0. The summed E-state index contributed by atoms with van der Waals surface area (Å²) in [7, 11) is 8.50. The first-order valence-corrected chi connectivity index (χ1v) is 3.34. The molecular formula is C4H13NO3S. The van der Waals surface area contributed by atoms with Crippen LogP contribution >= 0.6 is 0 Å². The Bertz CT molecular complexity index is 78.3. The summed E-state index contributed by atoms with van der Waals surface area (Å²) in [6, 6.07) is 0. The average molecular weight is 155 g/mol. The zero-order valence-electron chi connectivity index (χ0n) is 6.12. The molecule has 1 N–H and O–H groups in total. The predicted octanol–water partition coefficient (Wildman–Crippen LogP) is -0.339. The minimum absolute atomic E-state index is 1.00. The highest BCUT2D eigenvalue weighted by Crippen LogP contribution is 1.73. The van der Waals surface area contributed by atoms with E-state index < -0.39 is 11.4 Å². The molecule has 0 aliphatic heterocycles. The number of rotatable bonds is 0. The first-order chi connectivity index (χ1) is 3.73. The molecule has 0 aromatic rings. The molecule has 0 rings (SSSR count). The highest BCUT2D eigenvalue weighted by Gasteiger charge is 1.88. The van der Waals surface area contributed by atoms with Gasteiger partial charge in [0.25, 0.3) is 0 Å². The first-order valence-electron chi connectivity index (χ1n) is 2.30.